The molecule has 0 atom stereocenters. The van der Waals surface area contributed by atoms with Gasteiger partial charge in [0.05, 0.1) is 11.5 Å². The van der Waals surface area contributed by atoms with Crippen LogP contribution in [0.15, 0.2) is 18.2 Å². The first kappa shape index (κ1) is 15.2. The second kappa shape index (κ2) is 7.55. The zero-order chi connectivity index (χ0) is 14.3. The van der Waals surface area contributed by atoms with E-state index in [9.17, 15) is 10.1 Å². The maximum atomic E-state index is 10.6. The third kappa shape index (κ3) is 5.11. The van der Waals surface area contributed by atoms with Crippen LogP contribution < -0.4 is 11.1 Å². The van der Waals surface area contributed by atoms with E-state index in [0.717, 1.165) is 25.3 Å². The molecule has 0 saturated heterocycles. The number of methoxy groups -OCH3 is 1. The normalized spacial score (nSPS) is 10.7. The number of anilines is 2. The molecule has 1 aromatic rings. The fourth-order valence-electron chi connectivity index (χ4n) is 1.58. The van der Waals surface area contributed by atoms with Gasteiger partial charge in [0.2, 0.25) is 0 Å². The Morgan fingerprint density at radius 3 is 2.79 bits per heavy atom. The molecule has 0 unspecified atom stereocenters. The number of nitrogen functional groups attached to an aromatic ring is 1. The molecule has 0 fully saturated rings. The van der Waals surface area contributed by atoms with E-state index in [1.54, 1.807) is 19.2 Å². The molecular formula is C12H20N4O3. The van der Waals surface area contributed by atoms with Crippen molar-refractivity contribution in [1.29, 1.82) is 0 Å². The van der Waals surface area contributed by atoms with Crippen molar-refractivity contribution in [2.75, 3.05) is 51.4 Å². The largest absolute Gasteiger partial charge is 0.393 e. The van der Waals surface area contributed by atoms with Gasteiger partial charge < -0.3 is 20.7 Å². The first-order valence-electron chi connectivity index (χ1n) is 6.00. The molecule has 1 aromatic carbocycles. The van der Waals surface area contributed by atoms with Crippen LogP contribution in [-0.2, 0) is 4.74 Å². The fourth-order valence-corrected chi connectivity index (χ4v) is 1.58. The van der Waals surface area contributed by atoms with Crippen LogP contribution in [0.5, 0.6) is 0 Å². The highest BCUT2D eigenvalue weighted by Gasteiger charge is 2.10. The quantitative estimate of drug-likeness (QED) is 0.417. The van der Waals surface area contributed by atoms with Crippen LogP contribution in [0.1, 0.15) is 0 Å². The highest BCUT2D eigenvalue weighted by molar-refractivity contribution is 5.65. The molecule has 0 heterocycles. The van der Waals surface area contributed by atoms with Crippen LogP contribution >= 0.6 is 0 Å². The lowest BCUT2D eigenvalue weighted by Crippen LogP contribution is -2.28. The summed E-state index contributed by atoms with van der Waals surface area (Å²) in [6.45, 7) is 3.14. The second-order valence-electron chi connectivity index (χ2n) is 4.25. The zero-order valence-corrected chi connectivity index (χ0v) is 11.3. The summed E-state index contributed by atoms with van der Waals surface area (Å²) in [5, 5.41) is 13.8. The smallest absolute Gasteiger partial charge is 0.292 e. The van der Waals surface area contributed by atoms with Gasteiger partial charge in [-0.2, -0.15) is 0 Å². The Kier molecular flexibility index (Phi) is 6.04. The molecule has 7 nitrogen and oxygen atoms in total. The number of nitrogens with one attached hydrogen (secondary N) is 1. The molecule has 0 bridgehead atoms. The first-order valence-corrected chi connectivity index (χ1v) is 6.00. The third-order valence-corrected chi connectivity index (χ3v) is 2.72. The first-order chi connectivity index (χ1) is 9.04. The van der Waals surface area contributed by atoms with Crippen LogP contribution in [0, 0.1) is 10.1 Å². The van der Waals surface area contributed by atoms with E-state index in [1.807, 2.05) is 7.05 Å². The van der Waals surface area contributed by atoms with Crippen molar-refractivity contribution in [2.24, 2.45) is 0 Å². The van der Waals surface area contributed by atoms with Crippen LogP contribution in [0.4, 0.5) is 17.1 Å². The van der Waals surface area contributed by atoms with Crippen molar-refractivity contribution in [3.05, 3.63) is 28.3 Å². The standard InChI is InChI=1S/C12H20N4O3/c1-15(7-8-19-2)6-5-14-10-3-4-12(16(17)18)11(13)9-10/h3-4,9,14H,5-8,13H2,1-2H3. The molecule has 0 aromatic heterocycles. The average molecular weight is 268 g/mol. The minimum Gasteiger partial charge on any atom is -0.393 e. The Morgan fingerprint density at radius 1 is 1.47 bits per heavy atom. The lowest BCUT2D eigenvalue weighted by atomic mass is 10.2. The summed E-state index contributed by atoms with van der Waals surface area (Å²) >= 11 is 0. The summed E-state index contributed by atoms with van der Waals surface area (Å²) in [7, 11) is 3.68. The van der Waals surface area contributed by atoms with Gasteiger partial charge in [-0.1, -0.05) is 0 Å². The van der Waals surface area contributed by atoms with Crippen LogP contribution in [-0.4, -0.2) is 50.2 Å². The molecule has 0 aliphatic rings. The number of hydrogen-bond donors (Lipinski definition) is 2. The molecule has 0 spiro atoms. The lowest BCUT2D eigenvalue weighted by molar-refractivity contribution is -0.383. The molecule has 0 saturated carbocycles. The third-order valence-electron chi connectivity index (χ3n) is 2.72. The number of hydrogen-bond acceptors (Lipinski definition) is 6. The summed E-state index contributed by atoms with van der Waals surface area (Å²) in [5.41, 5.74) is 6.49. The summed E-state index contributed by atoms with van der Waals surface area (Å²) in [6, 6.07) is 4.64. The summed E-state index contributed by atoms with van der Waals surface area (Å²) in [5.74, 6) is 0. The topological polar surface area (TPSA) is 93.7 Å². The Labute approximate surface area is 112 Å². The van der Waals surface area contributed by atoms with E-state index in [-0.39, 0.29) is 11.4 Å². The molecule has 0 aliphatic heterocycles. The summed E-state index contributed by atoms with van der Waals surface area (Å²) in [6.07, 6.45) is 0. The second-order valence-corrected chi connectivity index (χ2v) is 4.25. The minimum absolute atomic E-state index is 0.0669. The van der Waals surface area contributed by atoms with E-state index >= 15 is 0 Å². The monoisotopic (exact) mass is 268 g/mol. The summed E-state index contributed by atoms with van der Waals surface area (Å²) < 4.78 is 4.99. The molecule has 0 aliphatic carbocycles. The Morgan fingerprint density at radius 2 is 2.21 bits per heavy atom. The van der Waals surface area contributed by atoms with Gasteiger partial charge in [0.15, 0.2) is 0 Å². The van der Waals surface area contributed by atoms with Crippen molar-refractivity contribution >= 4 is 17.1 Å². The van der Waals surface area contributed by atoms with Crippen LogP contribution in [0.2, 0.25) is 0 Å². The van der Waals surface area contributed by atoms with Crippen molar-refractivity contribution < 1.29 is 9.66 Å². The molecule has 106 valence electrons. The van der Waals surface area contributed by atoms with Crippen LogP contribution in [0.3, 0.4) is 0 Å². The van der Waals surface area contributed by atoms with Gasteiger partial charge in [-0.25, -0.2) is 0 Å². The van der Waals surface area contributed by atoms with E-state index in [0.29, 0.717) is 6.61 Å². The van der Waals surface area contributed by atoms with Crippen molar-refractivity contribution in [1.82, 2.24) is 4.90 Å². The van der Waals surface area contributed by atoms with Gasteiger partial charge in [0.25, 0.3) is 5.69 Å². The number of likely N-dealkylation sites (N-methyl/N-ethyl adjacent to an activating group) is 1. The SMILES string of the molecule is COCCN(C)CCNc1ccc([N+](=O)[O-])c(N)c1. The number of nitro groups is 1. The Hall–Kier alpha value is -1.86. The highest BCUT2D eigenvalue weighted by atomic mass is 16.6. The van der Waals surface area contributed by atoms with Crippen LogP contribution in [0.25, 0.3) is 0 Å². The van der Waals surface area contributed by atoms with Gasteiger partial charge in [0, 0.05) is 38.5 Å². The van der Waals surface area contributed by atoms with E-state index in [2.05, 4.69) is 10.2 Å². The molecule has 0 radical (unpaired) electrons. The fraction of sp³-hybridized carbons (Fsp3) is 0.500. The van der Waals surface area contributed by atoms with Gasteiger partial charge in [-0.05, 0) is 19.2 Å². The Bertz CT molecular complexity index is 425. The number of nitrogens with two attached hydrogens (primary N) is 1. The molecule has 3 N–H and O–H groups in total. The number of nitro benzene ring substituents is 1. The van der Waals surface area contributed by atoms with E-state index < -0.39 is 4.92 Å². The van der Waals surface area contributed by atoms with Gasteiger partial charge in [-0.15, -0.1) is 0 Å². The predicted octanol–water partition coefficient (Wildman–Crippen LogP) is 1.17. The molecule has 19 heavy (non-hydrogen) atoms. The minimum atomic E-state index is -0.488. The van der Waals surface area contributed by atoms with E-state index in [4.69, 9.17) is 10.5 Å². The Balaban J connectivity index is 2.42. The van der Waals surface area contributed by atoms with Crippen molar-refractivity contribution in [2.45, 2.75) is 0 Å². The molecular weight excluding hydrogens is 248 g/mol. The number of nitrogens with zero attached hydrogens (tertiary/aromatic N) is 2. The van der Waals surface area contributed by atoms with Crippen molar-refractivity contribution in [3.63, 3.8) is 0 Å². The maximum Gasteiger partial charge on any atom is 0.292 e. The highest BCUT2D eigenvalue weighted by Crippen LogP contribution is 2.24. The zero-order valence-electron chi connectivity index (χ0n) is 11.3. The lowest BCUT2D eigenvalue weighted by Gasteiger charge is -2.16. The molecule has 7 heteroatoms. The average Bonchev–Trinajstić information content (AvgIpc) is 2.36. The van der Waals surface area contributed by atoms with Gasteiger partial charge >= 0.3 is 0 Å². The van der Waals surface area contributed by atoms with Gasteiger partial charge in [-0.3, -0.25) is 10.1 Å². The number of rotatable bonds is 8. The number of ether oxygens (including phenoxy) is 1. The van der Waals surface area contributed by atoms with Crippen molar-refractivity contribution in [3.8, 4) is 0 Å². The molecule has 1 rings (SSSR count). The predicted molar refractivity (Wildman–Crippen MR) is 75.4 cm³/mol. The molecule has 0 amide bonds. The number of benzene rings is 1. The maximum absolute atomic E-state index is 10.6. The van der Waals surface area contributed by atoms with E-state index in [1.165, 1.54) is 6.07 Å². The van der Waals surface area contributed by atoms with Gasteiger partial charge in [0.1, 0.15) is 5.69 Å². The summed E-state index contributed by atoms with van der Waals surface area (Å²) in [4.78, 5) is 12.3.